The highest BCUT2D eigenvalue weighted by atomic mass is 32.1. The Morgan fingerprint density at radius 3 is 2.75 bits per heavy atom. The number of aliphatic hydroxyl groups is 1. The molecule has 1 aromatic heterocycles. The summed E-state index contributed by atoms with van der Waals surface area (Å²) in [5.41, 5.74) is 6.34. The second kappa shape index (κ2) is 3.98. The summed E-state index contributed by atoms with van der Waals surface area (Å²) in [6, 6.07) is 0. The van der Waals surface area contributed by atoms with E-state index in [9.17, 15) is 5.11 Å². The van der Waals surface area contributed by atoms with Gasteiger partial charge in [0.1, 0.15) is 11.1 Å². The molecule has 1 rings (SSSR count). The smallest absolute Gasteiger partial charge is 0.123 e. The van der Waals surface area contributed by atoms with Crippen LogP contribution in [0.2, 0.25) is 0 Å². The first-order chi connectivity index (χ1) is 5.65. The van der Waals surface area contributed by atoms with Gasteiger partial charge >= 0.3 is 0 Å². The summed E-state index contributed by atoms with van der Waals surface area (Å²) >= 11 is 1.47. The molecular weight excluding hydrogens is 172 g/mol. The molecule has 68 valence electrons. The van der Waals surface area contributed by atoms with E-state index in [1.54, 1.807) is 0 Å². The highest BCUT2D eigenvalue weighted by Gasteiger charge is 2.11. The molecule has 3 N–H and O–H groups in total. The summed E-state index contributed by atoms with van der Waals surface area (Å²) in [6.07, 6.45) is -0.595. The largest absolute Gasteiger partial charge is 0.385 e. The Bertz CT molecular complexity index is 247. The van der Waals surface area contributed by atoms with Crippen LogP contribution in [0.25, 0.3) is 0 Å². The van der Waals surface area contributed by atoms with Crippen molar-refractivity contribution < 1.29 is 5.11 Å². The summed E-state index contributed by atoms with van der Waals surface area (Å²) in [5.74, 6) is 0.417. The Labute approximate surface area is 76.3 Å². The Balaban J connectivity index is 2.77. The average Bonchev–Trinajstić information content (AvgIpc) is 2.51. The van der Waals surface area contributed by atoms with E-state index in [-0.39, 0.29) is 6.54 Å². The standard InChI is InChI=1S/C8H14N2OS/c1-5(2)6-4-12-8(10-6)7(11)3-9/h4-5,7,11H,3,9H2,1-2H3. The van der Waals surface area contributed by atoms with Gasteiger partial charge in [-0.05, 0) is 5.92 Å². The lowest BCUT2D eigenvalue weighted by atomic mass is 10.2. The van der Waals surface area contributed by atoms with Gasteiger partial charge in [-0.3, -0.25) is 0 Å². The highest BCUT2D eigenvalue weighted by molar-refractivity contribution is 7.09. The molecule has 0 saturated heterocycles. The van der Waals surface area contributed by atoms with E-state index in [1.807, 2.05) is 5.38 Å². The van der Waals surface area contributed by atoms with E-state index in [1.165, 1.54) is 11.3 Å². The molecule has 1 heterocycles. The third-order valence-electron chi connectivity index (χ3n) is 1.64. The molecule has 0 aliphatic carbocycles. The summed E-state index contributed by atoms with van der Waals surface area (Å²) in [5, 5.41) is 12.0. The number of hydrogen-bond acceptors (Lipinski definition) is 4. The van der Waals surface area contributed by atoms with Gasteiger partial charge in [-0.1, -0.05) is 13.8 Å². The summed E-state index contributed by atoms with van der Waals surface area (Å²) in [6.45, 7) is 4.40. The molecule has 1 unspecified atom stereocenters. The van der Waals surface area contributed by atoms with Crippen molar-refractivity contribution in [1.29, 1.82) is 0 Å². The van der Waals surface area contributed by atoms with Gasteiger partial charge in [0.2, 0.25) is 0 Å². The molecule has 0 spiro atoms. The van der Waals surface area contributed by atoms with Gasteiger partial charge in [0.25, 0.3) is 0 Å². The van der Waals surface area contributed by atoms with E-state index in [0.717, 1.165) is 10.7 Å². The molecule has 0 amide bonds. The Kier molecular flexibility index (Phi) is 3.20. The van der Waals surface area contributed by atoms with Gasteiger partial charge in [-0.25, -0.2) is 4.98 Å². The Morgan fingerprint density at radius 1 is 1.67 bits per heavy atom. The lowest BCUT2D eigenvalue weighted by Gasteiger charge is -2.02. The highest BCUT2D eigenvalue weighted by Crippen LogP contribution is 2.21. The van der Waals surface area contributed by atoms with Crippen molar-refractivity contribution in [3.8, 4) is 0 Å². The zero-order chi connectivity index (χ0) is 9.14. The number of aromatic nitrogens is 1. The second-order valence-corrected chi connectivity index (χ2v) is 3.91. The lowest BCUT2D eigenvalue weighted by molar-refractivity contribution is 0.186. The van der Waals surface area contributed by atoms with Crippen molar-refractivity contribution in [3.05, 3.63) is 16.1 Å². The predicted molar refractivity (Wildman–Crippen MR) is 50.2 cm³/mol. The van der Waals surface area contributed by atoms with Gasteiger partial charge in [-0.15, -0.1) is 11.3 Å². The average molecular weight is 186 g/mol. The van der Waals surface area contributed by atoms with Crippen LogP contribution in [-0.2, 0) is 0 Å². The Morgan fingerprint density at radius 2 is 2.33 bits per heavy atom. The molecule has 0 aromatic carbocycles. The number of thiazole rings is 1. The maximum Gasteiger partial charge on any atom is 0.123 e. The zero-order valence-corrected chi connectivity index (χ0v) is 8.14. The summed E-state index contributed by atoms with van der Waals surface area (Å²) in [7, 11) is 0. The molecule has 1 atom stereocenters. The van der Waals surface area contributed by atoms with Crippen LogP contribution >= 0.6 is 11.3 Å². The van der Waals surface area contributed by atoms with Crippen LogP contribution in [0.1, 0.15) is 36.6 Å². The van der Waals surface area contributed by atoms with Crippen LogP contribution in [0.5, 0.6) is 0 Å². The van der Waals surface area contributed by atoms with Crippen molar-refractivity contribution in [2.45, 2.75) is 25.9 Å². The molecule has 0 fully saturated rings. The van der Waals surface area contributed by atoms with Crippen molar-refractivity contribution in [3.63, 3.8) is 0 Å². The van der Waals surface area contributed by atoms with E-state index in [0.29, 0.717) is 5.92 Å². The minimum absolute atomic E-state index is 0.241. The van der Waals surface area contributed by atoms with Gasteiger partial charge in [0.15, 0.2) is 0 Å². The molecule has 4 heteroatoms. The van der Waals surface area contributed by atoms with E-state index in [2.05, 4.69) is 18.8 Å². The number of nitrogens with two attached hydrogens (primary N) is 1. The molecule has 1 aromatic rings. The monoisotopic (exact) mass is 186 g/mol. The van der Waals surface area contributed by atoms with E-state index < -0.39 is 6.10 Å². The SMILES string of the molecule is CC(C)c1csc(C(O)CN)n1. The van der Waals surface area contributed by atoms with Crippen LogP contribution in [0.4, 0.5) is 0 Å². The fraction of sp³-hybridized carbons (Fsp3) is 0.625. The third-order valence-corrected chi connectivity index (χ3v) is 2.60. The molecule has 3 nitrogen and oxygen atoms in total. The Hall–Kier alpha value is -0.450. The number of hydrogen-bond donors (Lipinski definition) is 2. The van der Waals surface area contributed by atoms with E-state index >= 15 is 0 Å². The molecule has 0 saturated carbocycles. The van der Waals surface area contributed by atoms with Crippen molar-refractivity contribution in [2.75, 3.05) is 6.54 Å². The predicted octanol–water partition coefficient (Wildman–Crippen LogP) is 1.26. The second-order valence-electron chi connectivity index (χ2n) is 3.02. The topological polar surface area (TPSA) is 59.1 Å². The number of nitrogens with zero attached hydrogens (tertiary/aromatic N) is 1. The van der Waals surface area contributed by atoms with Crippen LogP contribution in [-0.4, -0.2) is 16.6 Å². The molecule has 12 heavy (non-hydrogen) atoms. The minimum Gasteiger partial charge on any atom is -0.385 e. The van der Waals surface area contributed by atoms with Crippen LogP contribution in [0.15, 0.2) is 5.38 Å². The maximum absolute atomic E-state index is 9.35. The van der Waals surface area contributed by atoms with Gasteiger partial charge in [0.05, 0.1) is 5.69 Å². The van der Waals surface area contributed by atoms with Crippen LogP contribution in [0, 0.1) is 0 Å². The van der Waals surface area contributed by atoms with Crippen molar-refractivity contribution in [1.82, 2.24) is 4.98 Å². The molecule has 0 bridgehead atoms. The van der Waals surface area contributed by atoms with E-state index in [4.69, 9.17) is 5.73 Å². The van der Waals surface area contributed by atoms with Gasteiger partial charge < -0.3 is 10.8 Å². The molecule has 0 aliphatic rings. The quantitative estimate of drug-likeness (QED) is 0.747. The summed E-state index contributed by atoms with van der Waals surface area (Å²) in [4.78, 5) is 4.27. The van der Waals surface area contributed by atoms with Crippen LogP contribution in [0.3, 0.4) is 0 Å². The van der Waals surface area contributed by atoms with Gasteiger partial charge in [-0.2, -0.15) is 0 Å². The molecular formula is C8H14N2OS. The normalized spacial score (nSPS) is 13.8. The molecule has 0 aliphatic heterocycles. The third kappa shape index (κ3) is 2.03. The zero-order valence-electron chi connectivity index (χ0n) is 7.32. The van der Waals surface area contributed by atoms with Crippen molar-refractivity contribution in [2.24, 2.45) is 5.73 Å². The first kappa shape index (κ1) is 9.64. The first-order valence-corrected chi connectivity index (χ1v) is 4.86. The maximum atomic E-state index is 9.35. The van der Waals surface area contributed by atoms with Crippen LogP contribution < -0.4 is 5.73 Å². The van der Waals surface area contributed by atoms with Gasteiger partial charge in [0, 0.05) is 11.9 Å². The fourth-order valence-electron chi connectivity index (χ4n) is 0.820. The minimum atomic E-state index is -0.595. The summed E-state index contributed by atoms with van der Waals surface area (Å²) < 4.78 is 0. The lowest BCUT2D eigenvalue weighted by Crippen LogP contribution is -2.11. The number of aliphatic hydroxyl groups excluding tert-OH is 1. The number of rotatable bonds is 3. The van der Waals surface area contributed by atoms with Crippen molar-refractivity contribution >= 4 is 11.3 Å². The first-order valence-electron chi connectivity index (χ1n) is 3.98. The molecule has 0 radical (unpaired) electrons. The fourth-order valence-corrected chi connectivity index (χ4v) is 1.80.